The Bertz CT molecular complexity index is 555. The van der Waals surface area contributed by atoms with E-state index in [4.69, 9.17) is 9.15 Å². The molecule has 0 bridgehead atoms. The Labute approximate surface area is 142 Å². The van der Waals surface area contributed by atoms with Crippen LogP contribution < -0.4 is 5.32 Å². The zero-order valence-corrected chi connectivity index (χ0v) is 13.9. The quantitative estimate of drug-likeness (QED) is 0.784. The van der Waals surface area contributed by atoms with E-state index in [9.17, 15) is 9.90 Å². The number of aliphatic hydroxyl groups is 1. The van der Waals surface area contributed by atoms with Crippen LogP contribution in [0.4, 0.5) is 4.79 Å². The number of urea groups is 1. The van der Waals surface area contributed by atoms with Gasteiger partial charge in [-0.1, -0.05) is 11.6 Å². The molecule has 1 saturated heterocycles. The van der Waals surface area contributed by atoms with E-state index in [1.807, 2.05) is 0 Å². The lowest BCUT2D eigenvalue weighted by Crippen LogP contribution is -2.53. The highest BCUT2D eigenvalue weighted by atomic mass is 16.5. The topological polar surface area (TPSA) is 74.9 Å². The molecule has 0 aromatic carbocycles. The van der Waals surface area contributed by atoms with Gasteiger partial charge in [-0.3, -0.25) is 0 Å². The number of hydrogen-bond donors (Lipinski definition) is 2. The minimum atomic E-state index is -0.731. The Balaban J connectivity index is 1.50. The number of morpholine rings is 1. The minimum Gasteiger partial charge on any atom is -0.467 e. The molecule has 0 unspecified atom stereocenters. The summed E-state index contributed by atoms with van der Waals surface area (Å²) >= 11 is 0. The van der Waals surface area contributed by atoms with Gasteiger partial charge in [0.15, 0.2) is 0 Å². The van der Waals surface area contributed by atoms with Gasteiger partial charge in [0.2, 0.25) is 0 Å². The van der Waals surface area contributed by atoms with Gasteiger partial charge < -0.3 is 24.5 Å². The molecule has 1 aliphatic heterocycles. The van der Waals surface area contributed by atoms with Gasteiger partial charge in [0.1, 0.15) is 11.9 Å². The molecule has 132 valence electrons. The molecular formula is C18H26N2O4. The number of allylic oxidation sites excluding steroid dienone is 1. The first kappa shape index (κ1) is 17.0. The van der Waals surface area contributed by atoms with Crippen LogP contribution in [0.1, 0.15) is 44.0 Å². The second-order valence-corrected chi connectivity index (χ2v) is 6.43. The molecule has 1 aromatic rings. The lowest BCUT2D eigenvalue weighted by Gasteiger charge is -2.36. The fraction of sp³-hybridized carbons (Fsp3) is 0.611. The van der Waals surface area contributed by atoms with Crippen molar-refractivity contribution in [3.05, 3.63) is 35.8 Å². The normalized spacial score (nSPS) is 22.3. The summed E-state index contributed by atoms with van der Waals surface area (Å²) in [5.74, 6) is 0.522. The molecule has 2 atom stereocenters. The van der Waals surface area contributed by atoms with Crippen LogP contribution in [0.5, 0.6) is 0 Å². The van der Waals surface area contributed by atoms with Crippen LogP contribution in [0.3, 0.4) is 0 Å². The fourth-order valence-electron chi connectivity index (χ4n) is 3.37. The molecule has 24 heavy (non-hydrogen) atoms. The summed E-state index contributed by atoms with van der Waals surface area (Å²) in [6, 6.07) is 3.27. The number of carbonyl (C=O) groups is 1. The summed E-state index contributed by atoms with van der Waals surface area (Å²) in [6.07, 6.45) is 7.99. The minimum absolute atomic E-state index is 0.0754. The first-order chi connectivity index (χ1) is 11.7. The molecule has 1 aliphatic carbocycles. The number of ether oxygens (including phenoxy) is 1. The molecule has 1 aromatic heterocycles. The third-order valence-corrected chi connectivity index (χ3v) is 4.71. The molecule has 6 heteroatoms. The molecule has 3 rings (SSSR count). The maximum Gasteiger partial charge on any atom is 0.317 e. The van der Waals surface area contributed by atoms with Gasteiger partial charge >= 0.3 is 6.03 Å². The maximum absolute atomic E-state index is 12.5. The van der Waals surface area contributed by atoms with Crippen LogP contribution in [-0.2, 0) is 4.74 Å². The summed E-state index contributed by atoms with van der Waals surface area (Å²) in [4.78, 5) is 14.3. The molecule has 0 radical (unpaired) electrons. The summed E-state index contributed by atoms with van der Waals surface area (Å²) in [6.45, 7) is 2.18. The Morgan fingerprint density at radius 1 is 1.50 bits per heavy atom. The smallest absolute Gasteiger partial charge is 0.317 e. The number of amides is 2. The van der Waals surface area contributed by atoms with Gasteiger partial charge in [-0.15, -0.1) is 0 Å². The van der Waals surface area contributed by atoms with Crippen molar-refractivity contribution in [1.82, 2.24) is 10.2 Å². The summed E-state index contributed by atoms with van der Waals surface area (Å²) < 4.78 is 10.7. The Kier molecular flexibility index (Phi) is 5.93. The lowest BCUT2D eigenvalue weighted by atomic mass is 10.1. The molecule has 2 heterocycles. The van der Waals surface area contributed by atoms with Gasteiger partial charge in [0.05, 0.1) is 25.5 Å². The van der Waals surface area contributed by atoms with Crippen LogP contribution in [0.2, 0.25) is 0 Å². The van der Waals surface area contributed by atoms with E-state index in [0.29, 0.717) is 38.5 Å². The third-order valence-electron chi connectivity index (χ3n) is 4.71. The van der Waals surface area contributed by atoms with E-state index in [-0.39, 0.29) is 12.1 Å². The van der Waals surface area contributed by atoms with Gasteiger partial charge in [-0.2, -0.15) is 0 Å². The van der Waals surface area contributed by atoms with Crippen molar-refractivity contribution in [1.29, 1.82) is 0 Å². The highest BCUT2D eigenvalue weighted by Crippen LogP contribution is 2.23. The van der Waals surface area contributed by atoms with Crippen LogP contribution in [0, 0.1) is 0 Å². The molecule has 2 amide bonds. The van der Waals surface area contributed by atoms with E-state index in [1.54, 1.807) is 17.0 Å². The largest absolute Gasteiger partial charge is 0.467 e. The number of rotatable bonds is 6. The van der Waals surface area contributed by atoms with Crippen molar-refractivity contribution in [2.24, 2.45) is 0 Å². The Morgan fingerprint density at radius 2 is 2.42 bits per heavy atom. The van der Waals surface area contributed by atoms with E-state index in [1.165, 1.54) is 24.7 Å². The monoisotopic (exact) mass is 334 g/mol. The summed E-state index contributed by atoms with van der Waals surface area (Å²) in [5.41, 5.74) is 1.45. The molecule has 0 spiro atoms. The van der Waals surface area contributed by atoms with E-state index >= 15 is 0 Å². The van der Waals surface area contributed by atoms with Crippen LogP contribution >= 0.6 is 0 Å². The zero-order valence-electron chi connectivity index (χ0n) is 13.9. The average molecular weight is 334 g/mol. The van der Waals surface area contributed by atoms with E-state index in [2.05, 4.69) is 11.4 Å². The number of nitrogens with zero attached hydrogens (tertiary/aromatic N) is 1. The third kappa shape index (κ3) is 4.39. The predicted octanol–water partition coefficient (Wildman–Crippen LogP) is 2.61. The summed E-state index contributed by atoms with van der Waals surface area (Å²) in [7, 11) is 0. The van der Waals surface area contributed by atoms with E-state index < -0.39 is 6.10 Å². The van der Waals surface area contributed by atoms with Crippen molar-refractivity contribution >= 4 is 6.03 Å². The SMILES string of the molecule is O=C(NCCC1=CCCC1)N1CCOC[C@@H]1C[C@@H](O)c1ccco1. The summed E-state index contributed by atoms with van der Waals surface area (Å²) in [5, 5.41) is 13.3. The van der Waals surface area contributed by atoms with Crippen molar-refractivity contribution in [2.75, 3.05) is 26.3 Å². The van der Waals surface area contributed by atoms with Gasteiger partial charge in [-0.25, -0.2) is 4.79 Å². The van der Waals surface area contributed by atoms with Crippen LogP contribution in [0.25, 0.3) is 0 Å². The Morgan fingerprint density at radius 3 is 3.17 bits per heavy atom. The number of carbonyl (C=O) groups excluding carboxylic acids is 1. The predicted molar refractivity (Wildman–Crippen MR) is 89.5 cm³/mol. The van der Waals surface area contributed by atoms with Crippen LogP contribution in [0.15, 0.2) is 34.5 Å². The van der Waals surface area contributed by atoms with Gasteiger partial charge in [0, 0.05) is 19.5 Å². The first-order valence-electron chi connectivity index (χ1n) is 8.75. The highest BCUT2D eigenvalue weighted by molar-refractivity contribution is 5.74. The van der Waals surface area contributed by atoms with Gasteiger partial charge in [-0.05, 0) is 37.8 Å². The fourth-order valence-corrected chi connectivity index (χ4v) is 3.37. The maximum atomic E-state index is 12.5. The van der Waals surface area contributed by atoms with E-state index in [0.717, 1.165) is 12.8 Å². The molecule has 0 saturated carbocycles. The second-order valence-electron chi connectivity index (χ2n) is 6.43. The molecule has 2 N–H and O–H groups in total. The molecular weight excluding hydrogens is 308 g/mol. The second kappa shape index (κ2) is 8.35. The zero-order chi connectivity index (χ0) is 16.8. The number of furan rings is 1. The number of aliphatic hydroxyl groups excluding tert-OH is 1. The molecule has 1 fully saturated rings. The van der Waals surface area contributed by atoms with Crippen molar-refractivity contribution in [3.8, 4) is 0 Å². The van der Waals surface area contributed by atoms with Crippen molar-refractivity contribution in [3.63, 3.8) is 0 Å². The highest BCUT2D eigenvalue weighted by Gasteiger charge is 2.30. The standard InChI is InChI=1S/C18H26N2O4/c21-16(17-6-3-10-24-17)12-15-13-23-11-9-20(15)18(22)19-8-7-14-4-1-2-5-14/h3-4,6,10,15-16,21H,1-2,5,7-9,11-13H2,(H,19,22)/t15-,16+/m0/s1. The Hall–Kier alpha value is -1.79. The number of nitrogens with one attached hydrogen (secondary N) is 1. The van der Waals surface area contributed by atoms with Crippen molar-refractivity contribution in [2.45, 2.75) is 44.2 Å². The van der Waals surface area contributed by atoms with Crippen molar-refractivity contribution < 1.29 is 19.1 Å². The number of hydrogen-bond acceptors (Lipinski definition) is 4. The average Bonchev–Trinajstić information content (AvgIpc) is 3.29. The first-order valence-corrected chi connectivity index (χ1v) is 8.75. The molecule has 2 aliphatic rings. The van der Waals surface area contributed by atoms with Crippen LogP contribution in [-0.4, -0.2) is 48.4 Å². The van der Waals surface area contributed by atoms with Gasteiger partial charge in [0.25, 0.3) is 0 Å². The molecule has 6 nitrogen and oxygen atoms in total. The lowest BCUT2D eigenvalue weighted by molar-refractivity contribution is -0.00962.